The van der Waals surface area contributed by atoms with Crippen LogP contribution in [0.2, 0.25) is 0 Å². The van der Waals surface area contributed by atoms with Crippen molar-refractivity contribution in [2.75, 3.05) is 11.9 Å². The Kier molecular flexibility index (Phi) is 5.97. The van der Waals surface area contributed by atoms with Crippen molar-refractivity contribution in [1.29, 1.82) is 0 Å². The Balaban J connectivity index is 1.59. The van der Waals surface area contributed by atoms with Gasteiger partial charge in [-0.25, -0.2) is 4.79 Å². The molecule has 1 atom stereocenters. The lowest BCUT2D eigenvalue weighted by Gasteiger charge is -2.29. The van der Waals surface area contributed by atoms with E-state index in [1.165, 1.54) is 19.3 Å². The lowest BCUT2D eigenvalue weighted by atomic mass is 9.96. The Hall–Kier alpha value is -1.31. The van der Waals surface area contributed by atoms with Gasteiger partial charge in [-0.2, -0.15) is 0 Å². The summed E-state index contributed by atoms with van der Waals surface area (Å²) in [6, 6.07) is 7.52. The quantitative estimate of drug-likeness (QED) is 0.703. The van der Waals surface area contributed by atoms with E-state index in [0.29, 0.717) is 6.54 Å². The molecule has 3 rings (SSSR count). The van der Waals surface area contributed by atoms with Crippen molar-refractivity contribution in [2.45, 2.75) is 57.0 Å². The first-order valence-electron chi connectivity index (χ1n) is 8.77. The Morgan fingerprint density at radius 3 is 2.62 bits per heavy atom. The predicted molar refractivity (Wildman–Crippen MR) is 103 cm³/mol. The summed E-state index contributed by atoms with van der Waals surface area (Å²) in [5, 5.41) is 6.07. The van der Waals surface area contributed by atoms with Crippen LogP contribution in [0.4, 0.5) is 10.5 Å². The number of anilines is 1. The highest BCUT2D eigenvalue weighted by Crippen LogP contribution is 2.22. The van der Waals surface area contributed by atoms with Gasteiger partial charge in [0.25, 0.3) is 0 Å². The summed E-state index contributed by atoms with van der Waals surface area (Å²) in [4.78, 5) is 26.9. The van der Waals surface area contributed by atoms with E-state index in [1.54, 1.807) is 4.90 Å². The molecule has 2 N–H and O–H groups in total. The zero-order valence-electron chi connectivity index (χ0n) is 13.8. The predicted octanol–water partition coefficient (Wildman–Crippen LogP) is 3.74. The maximum Gasteiger partial charge on any atom is 0.318 e. The highest BCUT2D eigenvalue weighted by Gasteiger charge is 2.35. The number of likely N-dealkylation sites (tertiary alicyclic amines) is 1. The molecule has 1 aromatic carbocycles. The van der Waals surface area contributed by atoms with E-state index in [2.05, 4.69) is 33.2 Å². The summed E-state index contributed by atoms with van der Waals surface area (Å²) in [6.07, 6.45) is 7.34. The average Bonchev–Trinajstić information content (AvgIpc) is 3.06. The normalized spacial score (nSPS) is 21.5. The maximum absolute atomic E-state index is 12.6. The minimum atomic E-state index is -0.369. The second-order valence-corrected chi connectivity index (χ2v) is 7.88. The molecular weight excluding hydrogens is 417 g/mol. The number of rotatable bonds is 3. The van der Waals surface area contributed by atoms with Crippen LogP contribution in [0.1, 0.15) is 44.9 Å². The molecule has 0 unspecified atom stereocenters. The Labute approximate surface area is 156 Å². The van der Waals surface area contributed by atoms with Gasteiger partial charge in [0.15, 0.2) is 0 Å². The minimum Gasteiger partial charge on any atom is -0.335 e. The van der Waals surface area contributed by atoms with E-state index >= 15 is 0 Å². The van der Waals surface area contributed by atoms with Crippen LogP contribution in [0.5, 0.6) is 0 Å². The monoisotopic (exact) mass is 441 g/mol. The highest BCUT2D eigenvalue weighted by atomic mass is 127. The van der Waals surface area contributed by atoms with E-state index in [1.807, 2.05) is 24.3 Å². The van der Waals surface area contributed by atoms with Gasteiger partial charge in [-0.15, -0.1) is 0 Å². The smallest absolute Gasteiger partial charge is 0.318 e. The number of hydrogen-bond donors (Lipinski definition) is 2. The molecule has 3 amide bonds. The van der Waals surface area contributed by atoms with Gasteiger partial charge < -0.3 is 15.5 Å². The third-order valence-electron chi connectivity index (χ3n) is 4.84. The van der Waals surface area contributed by atoms with Crippen LogP contribution in [-0.2, 0) is 4.79 Å². The van der Waals surface area contributed by atoms with Gasteiger partial charge in [-0.05, 0) is 66.5 Å². The number of carbonyl (C=O) groups is 2. The maximum atomic E-state index is 12.6. The van der Waals surface area contributed by atoms with Gasteiger partial charge in [-0.3, -0.25) is 4.79 Å². The van der Waals surface area contributed by atoms with Gasteiger partial charge in [0, 0.05) is 21.8 Å². The van der Waals surface area contributed by atoms with E-state index in [4.69, 9.17) is 0 Å². The second kappa shape index (κ2) is 8.18. The van der Waals surface area contributed by atoms with Crippen LogP contribution in [0, 0.1) is 3.57 Å². The summed E-state index contributed by atoms with van der Waals surface area (Å²) < 4.78 is 1.07. The third kappa shape index (κ3) is 4.40. The van der Waals surface area contributed by atoms with Crippen molar-refractivity contribution in [1.82, 2.24) is 10.2 Å². The van der Waals surface area contributed by atoms with Crippen molar-refractivity contribution >= 4 is 40.2 Å². The molecule has 6 heteroatoms. The number of halogens is 1. The Bertz CT molecular complexity index is 602. The number of amides is 3. The molecule has 1 saturated heterocycles. The first kappa shape index (κ1) is 17.5. The van der Waals surface area contributed by atoms with Gasteiger partial charge in [0.05, 0.1) is 0 Å². The second-order valence-electron chi connectivity index (χ2n) is 6.64. The molecule has 0 radical (unpaired) electrons. The largest absolute Gasteiger partial charge is 0.335 e. The van der Waals surface area contributed by atoms with Crippen LogP contribution in [-0.4, -0.2) is 35.5 Å². The minimum absolute atomic E-state index is 0.0813. The number of nitrogens with zero attached hydrogens (tertiary/aromatic N) is 1. The van der Waals surface area contributed by atoms with Gasteiger partial charge in [-0.1, -0.05) is 25.3 Å². The highest BCUT2D eigenvalue weighted by molar-refractivity contribution is 14.1. The first-order valence-corrected chi connectivity index (χ1v) is 9.85. The van der Waals surface area contributed by atoms with E-state index in [0.717, 1.165) is 34.9 Å². The Morgan fingerprint density at radius 2 is 1.88 bits per heavy atom. The molecule has 0 bridgehead atoms. The third-order valence-corrected chi connectivity index (χ3v) is 5.51. The molecule has 0 aromatic heterocycles. The number of carbonyl (C=O) groups excluding carboxylic acids is 2. The Morgan fingerprint density at radius 1 is 1.08 bits per heavy atom. The van der Waals surface area contributed by atoms with Gasteiger partial charge in [0.1, 0.15) is 6.04 Å². The molecule has 5 nitrogen and oxygen atoms in total. The number of hydrogen-bond acceptors (Lipinski definition) is 2. The molecule has 1 aliphatic heterocycles. The van der Waals surface area contributed by atoms with Crippen LogP contribution in [0.15, 0.2) is 24.3 Å². The molecular formula is C18H24IN3O2. The summed E-state index contributed by atoms with van der Waals surface area (Å²) in [5.41, 5.74) is 0.784. The number of urea groups is 1. The molecule has 1 aliphatic carbocycles. The van der Waals surface area contributed by atoms with Crippen molar-refractivity contribution in [2.24, 2.45) is 0 Å². The summed E-state index contributed by atoms with van der Waals surface area (Å²) in [5.74, 6) is -0.0895. The fourth-order valence-corrected chi connectivity index (χ4v) is 4.12. The molecule has 1 saturated carbocycles. The zero-order chi connectivity index (χ0) is 16.9. The standard InChI is InChI=1S/C18H24IN3O2/c19-13-6-4-9-15(12-13)20-17(23)16-10-5-11-22(16)18(24)21-14-7-2-1-3-8-14/h4,6,9,12,14,16H,1-3,5,7-8,10-11H2,(H,20,23)(H,21,24)/t16-/m0/s1. The SMILES string of the molecule is O=C(Nc1cccc(I)c1)[C@@H]1CCCN1C(=O)NC1CCCCC1. The fourth-order valence-electron chi connectivity index (χ4n) is 3.58. The van der Waals surface area contributed by atoms with Crippen LogP contribution in [0.25, 0.3) is 0 Å². The van der Waals surface area contributed by atoms with Crippen LogP contribution in [0.3, 0.4) is 0 Å². The van der Waals surface area contributed by atoms with Crippen molar-refractivity contribution in [3.05, 3.63) is 27.8 Å². The molecule has 24 heavy (non-hydrogen) atoms. The number of nitrogens with one attached hydrogen (secondary N) is 2. The van der Waals surface area contributed by atoms with Gasteiger partial charge in [0.2, 0.25) is 5.91 Å². The molecule has 0 spiro atoms. The first-order chi connectivity index (χ1) is 11.6. The van der Waals surface area contributed by atoms with E-state index in [9.17, 15) is 9.59 Å². The average molecular weight is 441 g/mol. The summed E-state index contributed by atoms with van der Waals surface area (Å²) >= 11 is 2.22. The van der Waals surface area contributed by atoms with Gasteiger partial charge >= 0.3 is 6.03 Å². The lowest BCUT2D eigenvalue weighted by Crippen LogP contribution is -2.50. The summed E-state index contributed by atoms with van der Waals surface area (Å²) in [6.45, 7) is 0.656. The van der Waals surface area contributed by atoms with E-state index in [-0.39, 0.29) is 24.0 Å². The summed E-state index contributed by atoms with van der Waals surface area (Å²) in [7, 11) is 0. The molecule has 2 fully saturated rings. The van der Waals surface area contributed by atoms with Crippen molar-refractivity contribution in [3.63, 3.8) is 0 Å². The topological polar surface area (TPSA) is 61.4 Å². The molecule has 2 aliphatic rings. The van der Waals surface area contributed by atoms with E-state index < -0.39 is 0 Å². The van der Waals surface area contributed by atoms with Crippen LogP contribution >= 0.6 is 22.6 Å². The number of benzene rings is 1. The lowest BCUT2D eigenvalue weighted by molar-refractivity contribution is -0.119. The molecule has 1 aromatic rings. The van der Waals surface area contributed by atoms with Crippen molar-refractivity contribution < 1.29 is 9.59 Å². The fraction of sp³-hybridized carbons (Fsp3) is 0.556. The molecule has 130 valence electrons. The van der Waals surface area contributed by atoms with Crippen LogP contribution < -0.4 is 10.6 Å². The van der Waals surface area contributed by atoms with Crippen molar-refractivity contribution in [3.8, 4) is 0 Å². The zero-order valence-corrected chi connectivity index (χ0v) is 15.9. The molecule has 1 heterocycles.